The maximum Gasteiger partial charge on any atom is 0.200 e. The average Bonchev–Trinajstić information content (AvgIpc) is 3.21. The smallest absolute Gasteiger partial charge is 0.200 e. The lowest BCUT2D eigenvalue weighted by Crippen LogP contribution is -2.44. The minimum absolute atomic E-state index is 0.110. The number of fused-ring (bicyclic) bond motifs is 2. The number of rotatable bonds is 6. The molecule has 1 aliphatic heterocycles. The minimum Gasteiger partial charge on any atom is -0.398 e. The van der Waals surface area contributed by atoms with Crippen LogP contribution in [0, 0.1) is 5.41 Å². The number of aromatic nitrogens is 2. The quantitative estimate of drug-likeness (QED) is 0.192. The molecule has 4 N–H and O–H groups in total. The molecule has 8 heteroatoms. The molecule has 1 fully saturated rings. The van der Waals surface area contributed by atoms with Gasteiger partial charge in [-0.2, -0.15) is 0 Å². The number of piperazine rings is 1. The van der Waals surface area contributed by atoms with Crippen molar-refractivity contribution in [1.29, 1.82) is 5.41 Å². The number of nitrogen functional groups attached to an aromatic ring is 1. The van der Waals surface area contributed by atoms with Crippen molar-refractivity contribution in [3.8, 4) is 0 Å². The van der Waals surface area contributed by atoms with Crippen LogP contribution in [0.4, 0.5) is 11.4 Å². The van der Waals surface area contributed by atoms with Gasteiger partial charge in [-0.25, -0.2) is 4.98 Å². The Kier molecular flexibility index (Phi) is 4.95. The summed E-state index contributed by atoms with van der Waals surface area (Å²) in [6.45, 7) is 6.27. The van der Waals surface area contributed by atoms with Gasteiger partial charge in [0.15, 0.2) is 5.43 Å². The van der Waals surface area contributed by atoms with Gasteiger partial charge in [-0.3, -0.25) is 9.20 Å². The van der Waals surface area contributed by atoms with Gasteiger partial charge < -0.3 is 26.3 Å². The summed E-state index contributed by atoms with van der Waals surface area (Å²) in [7, 11) is 2.16. The van der Waals surface area contributed by atoms with E-state index in [0.29, 0.717) is 22.0 Å². The molecule has 0 bridgehead atoms. The highest BCUT2D eigenvalue weighted by Crippen LogP contribution is 2.30. The monoisotopic (exact) mass is 417 g/mol. The van der Waals surface area contributed by atoms with Crippen molar-refractivity contribution in [3.05, 3.63) is 46.4 Å². The third-order valence-corrected chi connectivity index (χ3v) is 6.39. The zero-order valence-corrected chi connectivity index (χ0v) is 17.7. The number of imidazole rings is 1. The van der Waals surface area contributed by atoms with Crippen LogP contribution in [-0.4, -0.2) is 71.7 Å². The van der Waals surface area contributed by atoms with Crippen LogP contribution in [0.15, 0.2) is 35.4 Å². The largest absolute Gasteiger partial charge is 0.398 e. The number of nitrogens with two attached hydrogens (primary N) is 1. The van der Waals surface area contributed by atoms with Crippen LogP contribution < -0.4 is 16.5 Å². The molecule has 160 valence electrons. The molecule has 1 saturated heterocycles. The van der Waals surface area contributed by atoms with Gasteiger partial charge in [-0.05, 0) is 44.3 Å². The average molecular weight is 418 g/mol. The van der Waals surface area contributed by atoms with Gasteiger partial charge in [-0.1, -0.05) is 0 Å². The van der Waals surface area contributed by atoms with Crippen molar-refractivity contribution in [2.24, 2.45) is 0 Å². The number of nitrogens with zero attached hydrogens (tertiary/aromatic N) is 4. The molecular formula is C23H27N7O. The molecule has 0 aliphatic carbocycles. The molecule has 0 radical (unpaired) electrons. The Bertz CT molecular complexity index is 1320. The number of likely N-dealkylation sites (N-methyl/N-ethyl adjacent to an activating group) is 1. The maximum absolute atomic E-state index is 13.6. The Morgan fingerprint density at radius 2 is 1.97 bits per heavy atom. The lowest BCUT2D eigenvalue weighted by molar-refractivity contribution is 0.154. The Hall–Kier alpha value is -3.23. The number of hydrogen-bond donors (Lipinski definition) is 3. The SMILES string of the molecule is CN1CCN(CCCNc2ccc3ncn4c5ccc(N)c(C=N)c5c(=O)c2c34)CC1. The standard InChI is InChI=1S/C23H27N7O/c1-28-9-11-29(12-10-28)8-2-7-26-17-4-5-18-22-21(17)23(31)20-15(13-24)16(25)3-6-19(20)30(22)14-27-18/h3-6,13-14,24,26H,2,7-12,25H2,1H3. The summed E-state index contributed by atoms with van der Waals surface area (Å²) < 4.78 is 1.93. The molecule has 5 rings (SSSR count). The first-order chi connectivity index (χ1) is 15.1. The molecule has 0 amide bonds. The fourth-order valence-corrected chi connectivity index (χ4v) is 4.61. The molecule has 0 atom stereocenters. The highest BCUT2D eigenvalue weighted by molar-refractivity contribution is 6.11. The second kappa shape index (κ2) is 7.79. The molecule has 8 nitrogen and oxygen atoms in total. The molecule has 0 unspecified atom stereocenters. The van der Waals surface area contributed by atoms with E-state index < -0.39 is 0 Å². The number of anilines is 2. The zero-order chi connectivity index (χ0) is 21.5. The topological polar surface area (TPSA) is 103 Å². The van der Waals surface area contributed by atoms with E-state index in [1.54, 1.807) is 12.4 Å². The van der Waals surface area contributed by atoms with E-state index in [2.05, 4.69) is 27.1 Å². The summed E-state index contributed by atoms with van der Waals surface area (Å²) >= 11 is 0. The van der Waals surface area contributed by atoms with Crippen molar-refractivity contribution in [1.82, 2.24) is 19.2 Å². The van der Waals surface area contributed by atoms with E-state index in [1.807, 2.05) is 22.6 Å². The van der Waals surface area contributed by atoms with E-state index in [-0.39, 0.29) is 5.43 Å². The van der Waals surface area contributed by atoms with Gasteiger partial charge >= 0.3 is 0 Å². The van der Waals surface area contributed by atoms with E-state index in [4.69, 9.17) is 11.1 Å². The molecule has 2 aromatic heterocycles. The van der Waals surface area contributed by atoms with E-state index in [0.717, 1.165) is 74.1 Å². The summed E-state index contributed by atoms with van der Waals surface area (Å²) in [4.78, 5) is 22.9. The fraction of sp³-hybridized carbons (Fsp3) is 0.348. The third-order valence-electron chi connectivity index (χ3n) is 6.39. The Balaban J connectivity index is 1.50. The van der Waals surface area contributed by atoms with Gasteiger partial charge in [0.05, 0.1) is 27.3 Å². The number of benzene rings is 2. The predicted molar refractivity (Wildman–Crippen MR) is 127 cm³/mol. The van der Waals surface area contributed by atoms with Crippen LogP contribution in [0.3, 0.4) is 0 Å². The van der Waals surface area contributed by atoms with Crippen molar-refractivity contribution < 1.29 is 0 Å². The summed E-state index contributed by atoms with van der Waals surface area (Å²) in [5.41, 5.74) is 9.97. The first-order valence-corrected chi connectivity index (χ1v) is 10.7. The summed E-state index contributed by atoms with van der Waals surface area (Å²) in [6.07, 6.45) is 3.90. The molecule has 1 aliphatic rings. The van der Waals surface area contributed by atoms with E-state index >= 15 is 0 Å². The number of nitrogens with one attached hydrogen (secondary N) is 2. The highest BCUT2D eigenvalue weighted by atomic mass is 16.1. The summed E-state index contributed by atoms with van der Waals surface area (Å²) in [5, 5.41) is 12.4. The van der Waals surface area contributed by atoms with Gasteiger partial charge in [0.2, 0.25) is 0 Å². The van der Waals surface area contributed by atoms with Crippen LogP contribution >= 0.6 is 0 Å². The highest BCUT2D eigenvalue weighted by Gasteiger charge is 2.19. The maximum atomic E-state index is 13.6. The molecular weight excluding hydrogens is 390 g/mol. The molecule has 0 spiro atoms. The van der Waals surface area contributed by atoms with Gasteiger partial charge in [0.25, 0.3) is 0 Å². The van der Waals surface area contributed by atoms with Crippen molar-refractivity contribution >= 4 is 44.9 Å². The van der Waals surface area contributed by atoms with E-state index in [1.165, 1.54) is 0 Å². The normalized spacial score (nSPS) is 15.9. The van der Waals surface area contributed by atoms with Gasteiger partial charge in [0, 0.05) is 55.9 Å². The summed E-state index contributed by atoms with van der Waals surface area (Å²) in [5.74, 6) is 0. The first-order valence-electron chi connectivity index (χ1n) is 10.7. The zero-order valence-electron chi connectivity index (χ0n) is 17.7. The van der Waals surface area contributed by atoms with Crippen LogP contribution in [0.25, 0.3) is 27.3 Å². The molecule has 3 heterocycles. The molecule has 2 aromatic carbocycles. The van der Waals surface area contributed by atoms with Crippen molar-refractivity contribution in [2.45, 2.75) is 6.42 Å². The first kappa shape index (κ1) is 19.7. The minimum atomic E-state index is -0.110. The number of pyridine rings is 1. The lowest BCUT2D eigenvalue weighted by Gasteiger charge is -2.32. The van der Waals surface area contributed by atoms with Gasteiger partial charge in [0.1, 0.15) is 6.33 Å². The van der Waals surface area contributed by atoms with Gasteiger partial charge in [-0.15, -0.1) is 0 Å². The Morgan fingerprint density at radius 1 is 1.16 bits per heavy atom. The predicted octanol–water partition coefficient (Wildman–Crippen LogP) is 2.07. The summed E-state index contributed by atoms with van der Waals surface area (Å²) in [6, 6.07) is 7.45. The number of hydrogen-bond acceptors (Lipinski definition) is 7. The molecule has 4 aromatic rings. The molecule has 0 saturated carbocycles. The van der Waals surface area contributed by atoms with Crippen molar-refractivity contribution in [3.63, 3.8) is 0 Å². The molecule has 31 heavy (non-hydrogen) atoms. The van der Waals surface area contributed by atoms with Crippen LogP contribution in [-0.2, 0) is 0 Å². The lowest BCUT2D eigenvalue weighted by atomic mass is 10.0. The second-order valence-corrected chi connectivity index (χ2v) is 8.33. The van der Waals surface area contributed by atoms with E-state index in [9.17, 15) is 4.79 Å². The van der Waals surface area contributed by atoms with Crippen LogP contribution in [0.1, 0.15) is 12.0 Å². The van der Waals surface area contributed by atoms with Crippen LogP contribution in [0.2, 0.25) is 0 Å². The van der Waals surface area contributed by atoms with Crippen LogP contribution in [0.5, 0.6) is 0 Å². The second-order valence-electron chi connectivity index (χ2n) is 8.33. The third kappa shape index (κ3) is 3.28. The Morgan fingerprint density at radius 3 is 2.74 bits per heavy atom. The van der Waals surface area contributed by atoms with Crippen molar-refractivity contribution in [2.75, 3.05) is 57.4 Å². The Labute approximate surface area is 180 Å². The fourth-order valence-electron chi connectivity index (χ4n) is 4.61.